The molecule has 1 aromatic heterocycles. The number of carbonyl (C=O) groups is 2. The van der Waals surface area contributed by atoms with Crippen LogP contribution < -0.4 is 5.32 Å². The number of methoxy groups -OCH3 is 1. The van der Waals surface area contributed by atoms with E-state index in [2.05, 4.69) is 15.2 Å². The largest absolute Gasteiger partial charge is 0.383 e. The number of carbonyl (C=O) groups excluding carboxylic acids is 2. The highest BCUT2D eigenvalue weighted by molar-refractivity contribution is 5.94. The van der Waals surface area contributed by atoms with Crippen LogP contribution in [0.5, 0.6) is 0 Å². The predicted octanol–water partition coefficient (Wildman–Crippen LogP) is 1.47. The van der Waals surface area contributed by atoms with Crippen molar-refractivity contribution in [3.63, 3.8) is 0 Å². The number of nitrogens with zero attached hydrogens (tertiary/aromatic N) is 3. The number of ether oxygens (including phenoxy) is 1. The van der Waals surface area contributed by atoms with Gasteiger partial charge in [0.2, 0.25) is 5.91 Å². The highest BCUT2D eigenvalue weighted by atomic mass is 16.5. The molecular formula is C21H32N4O3. The lowest BCUT2D eigenvalue weighted by Gasteiger charge is -2.42. The van der Waals surface area contributed by atoms with Crippen LogP contribution in [0.1, 0.15) is 41.6 Å². The molecule has 1 N–H and O–H groups in total. The lowest BCUT2D eigenvalue weighted by Crippen LogP contribution is -2.51. The minimum atomic E-state index is 0.0589. The van der Waals surface area contributed by atoms with Crippen molar-refractivity contribution in [1.82, 2.24) is 20.1 Å². The Kier molecular flexibility index (Phi) is 7.39. The fourth-order valence-corrected chi connectivity index (χ4v) is 4.26. The van der Waals surface area contributed by atoms with Crippen LogP contribution in [0.2, 0.25) is 0 Å². The van der Waals surface area contributed by atoms with Crippen LogP contribution in [0.4, 0.5) is 0 Å². The van der Waals surface area contributed by atoms with E-state index in [0.29, 0.717) is 24.8 Å². The second kappa shape index (κ2) is 9.98. The summed E-state index contributed by atoms with van der Waals surface area (Å²) in [7, 11) is 1.64. The van der Waals surface area contributed by atoms with E-state index in [9.17, 15) is 9.59 Å². The summed E-state index contributed by atoms with van der Waals surface area (Å²) in [6.07, 6.45) is 7.34. The van der Waals surface area contributed by atoms with Gasteiger partial charge in [0.1, 0.15) is 0 Å². The number of aryl methyl sites for hydroxylation is 1. The van der Waals surface area contributed by atoms with Crippen LogP contribution in [0.3, 0.4) is 0 Å². The molecule has 1 aromatic rings. The number of piperidine rings is 2. The SMILES string of the molecule is COCCNC(=O)[C@@H]1CCCN(C2CCN(C(=O)c3cncc(C)c3)CC2)C1. The molecule has 7 heteroatoms. The van der Waals surface area contributed by atoms with Crippen molar-refractivity contribution in [1.29, 1.82) is 0 Å². The van der Waals surface area contributed by atoms with Gasteiger partial charge in [0.05, 0.1) is 18.1 Å². The topological polar surface area (TPSA) is 74.8 Å². The van der Waals surface area contributed by atoms with Gasteiger partial charge in [0.25, 0.3) is 5.91 Å². The van der Waals surface area contributed by atoms with E-state index in [1.807, 2.05) is 17.9 Å². The zero-order valence-corrected chi connectivity index (χ0v) is 17.0. The maximum atomic E-state index is 12.7. The van der Waals surface area contributed by atoms with Crippen molar-refractivity contribution in [3.8, 4) is 0 Å². The Labute approximate surface area is 167 Å². The van der Waals surface area contributed by atoms with Gasteiger partial charge in [0.15, 0.2) is 0 Å². The molecule has 3 heterocycles. The van der Waals surface area contributed by atoms with E-state index in [-0.39, 0.29) is 17.7 Å². The normalized spacial score (nSPS) is 21.5. The summed E-state index contributed by atoms with van der Waals surface area (Å²) in [4.78, 5) is 33.6. The molecule has 0 aromatic carbocycles. The van der Waals surface area contributed by atoms with Crippen LogP contribution in [0.15, 0.2) is 18.5 Å². The highest BCUT2D eigenvalue weighted by Crippen LogP contribution is 2.24. The Morgan fingerprint density at radius 2 is 2.00 bits per heavy atom. The number of hydrogen-bond donors (Lipinski definition) is 1. The van der Waals surface area contributed by atoms with E-state index < -0.39 is 0 Å². The molecule has 2 amide bonds. The molecule has 0 spiro atoms. The molecule has 0 aliphatic carbocycles. The average Bonchev–Trinajstić information content (AvgIpc) is 2.73. The lowest BCUT2D eigenvalue weighted by atomic mass is 9.93. The lowest BCUT2D eigenvalue weighted by molar-refractivity contribution is -0.127. The van der Waals surface area contributed by atoms with E-state index in [1.165, 1.54) is 0 Å². The van der Waals surface area contributed by atoms with E-state index in [1.54, 1.807) is 19.5 Å². The number of rotatable bonds is 6. The van der Waals surface area contributed by atoms with Gasteiger partial charge in [0, 0.05) is 51.7 Å². The first-order valence-corrected chi connectivity index (χ1v) is 10.3. The van der Waals surface area contributed by atoms with Crippen molar-refractivity contribution in [2.24, 2.45) is 5.92 Å². The van der Waals surface area contributed by atoms with Crippen LogP contribution >= 0.6 is 0 Å². The zero-order chi connectivity index (χ0) is 19.9. The van der Waals surface area contributed by atoms with Gasteiger partial charge in [-0.1, -0.05) is 0 Å². The summed E-state index contributed by atoms with van der Waals surface area (Å²) in [6, 6.07) is 2.35. The van der Waals surface area contributed by atoms with Crippen molar-refractivity contribution < 1.29 is 14.3 Å². The summed E-state index contributed by atoms with van der Waals surface area (Å²) < 4.78 is 5.00. The van der Waals surface area contributed by atoms with Gasteiger partial charge < -0.3 is 15.0 Å². The molecular weight excluding hydrogens is 356 g/mol. The summed E-state index contributed by atoms with van der Waals surface area (Å²) >= 11 is 0. The van der Waals surface area contributed by atoms with Gasteiger partial charge in [-0.2, -0.15) is 0 Å². The van der Waals surface area contributed by atoms with Crippen LogP contribution in [0.25, 0.3) is 0 Å². The number of likely N-dealkylation sites (tertiary alicyclic amines) is 2. The molecule has 0 radical (unpaired) electrons. The van der Waals surface area contributed by atoms with Gasteiger partial charge in [-0.25, -0.2) is 0 Å². The molecule has 154 valence electrons. The van der Waals surface area contributed by atoms with Gasteiger partial charge in [-0.3, -0.25) is 19.5 Å². The fraction of sp³-hybridized carbons (Fsp3) is 0.667. The van der Waals surface area contributed by atoms with Crippen molar-refractivity contribution in [2.45, 2.75) is 38.6 Å². The van der Waals surface area contributed by atoms with Gasteiger partial charge >= 0.3 is 0 Å². The van der Waals surface area contributed by atoms with Gasteiger partial charge in [-0.05, 0) is 50.8 Å². The Bertz CT molecular complexity index is 673. The van der Waals surface area contributed by atoms with Crippen LogP contribution in [0, 0.1) is 12.8 Å². The molecule has 2 fully saturated rings. The smallest absolute Gasteiger partial charge is 0.255 e. The third-order valence-electron chi connectivity index (χ3n) is 5.82. The Hall–Kier alpha value is -1.99. The third-order valence-corrected chi connectivity index (χ3v) is 5.82. The number of hydrogen-bond acceptors (Lipinski definition) is 5. The Balaban J connectivity index is 1.49. The molecule has 2 aliphatic heterocycles. The second-order valence-corrected chi connectivity index (χ2v) is 7.89. The third kappa shape index (κ3) is 5.29. The number of aromatic nitrogens is 1. The molecule has 2 aliphatic rings. The van der Waals surface area contributed by atoms with E-state index >= 15 is 0 Å². The number of amides is 2. The Morgan fingerprint density at radius 3 is 2.71 bits per heavy atom. The minimum absolute atomic E-state index is 0.0589. The summed E-state index contributed by atoms with van der Waals surface area (Å²) in [5.74, 6) is 0.272. The first-order valence-electron chi connectivity index (χ1n) is 10.3. The molecule has 2 saturated heterocycles. The summed E-state index contributed by atoms with van der Waals surface area (Å²) in [5.41, 5.74) is 1.67. The van der Waals surface area contributed by atoms with E-state index in [0.717, 1.165) is 57.4 Å². The maximum Gasteiger partial charge on any atom is 0.255 e. The average molecular weight is 389 g/mol. The first kappa shape index (κ1) is 20.7. The monoisotopic (exact) mass is 388 g/mol. The fourth-order valence-electron chi connectivity index (χ4n) is 4.26. The Morgan fingerprint density at radius 1 is 1.21 bits per heavy atom. The van der Waals surface area contributed by atoms with Crippen molar-refractivity contribution >= 4 is 11.8 Å². The number of pyridine rings is 1. The molecule has 7 nitrogen and oxygen atoms in total. The second-order valence-electron chi connectivity index (χ2n) is 7.89. The quantitative estimate of drug-likeness (QED) is 0.747. The van der Waals surface area contributed by atoms with Gasteiger partial charge in [-0.15, -0.1) is 0 Å². The summed E-state index contributed by atoms with van der Waals surface area (Å²) in [5, 5.41) is 2.97. The standard InChI is InChI=1S/C21H32N4O3/c1-16-12-18(14-22-13-16)21(27)24-9-5-19(6-10-24)25-8-3-4-17(15-25)20(26)23-7-11-28-2/h12-14,17,19H,3-11,15H2,1-2H3,(H,23,26)/t17-/m1/s1. The highest BCUT2D eigenvalue weighted by Gasteiger charge is 2.32. The molecule has 0 unspecified atom stereocenters. The predicted molar refractivity (Wildman–Crippen MR) is 107 cm³/mol. The van der Waals surface area contributed by atoms with Crippen LogP contribution in [-0.4, -0.2) is 79.1 Å². The zero-order valence-electron chi connectivity index (χ0n) is 17.0. The number of nitrogens with one attached hydrogen (secondary N) is 1. The molecule has 1 atom stereocenters. The molecule has 0 saturated carbocycles. The molecule has 3 rings (SSSR count). The minimum Gasteiger partial charge on any atom is -0.383 e. The van der Waals surface area contributed by atoms with Crippen molar-refractivity contribution in [2.75, 3.05) is 46.4 Å². The molecule has 28 heavy (non-hydrogen) atoms. The summed E-state index contributed by atoms with van der Waals surface area (Å²) in [6.45, 7) is 6.46. The molecule has 0 bridgehead atoms. The van der Waals surface area contributed by atoms with Crippen LogP contribution in [-0.2, 0) is 9.53 Å². The van der Waals surface area contributed by atoms with E-state index in [4.69, 9.17) is 4.74 Å². The maximum absolute atomic E-state index is 12.7. The van der Waals surface area contributed by atoms with Crippen molar-refractivity contribution in [3.05, 3.63) is 29.6 Å². The first-order chi connectivity index (χ1) is 13.6.